The summed E-state index contributed by atoms with van der Waals surface area (Å²) in [6.07, 6.45) is 23.0. The molecule has 0 bridgehead atoms. The SMILES string of the molecule is C=C(CSC1CCCCC[C@@H](C[C@H](C)[C@H](C)CC2CCCCCCC(S)CC2)CC1)C(=O)c1ccc(C(=O)NC)cc1. The van der Waals surface area contributed by atoms with Gasteiger partial charge in [-0.25, -0.2) is 0 Å². The third-order valence-corrected chi connectivity index (χ3v) is 12.1. The number of thiol groups is 1. The summed E-state index contributed by atoms with van der Waals surface area (Å²) < 4.78 is 0. The van der Waals surface area contributed by atoms with Crippen molar-refractivity contribution >= 4 is 36.1 Å². The molecule has 3 unspecified atom stereocenters. The topological polar surface area (TPSA) is 46.2 Å². The monoisotopic (exact) mass is 613 g/mol. The van der Waals surface area contributed by atoms with Crippen LogP contribution in [0.3, 0.4) is 0 Å². The van der Waals surface area contributed by atoms with E-state index >= 15 is 0 Å². The Kier molecular flexibility index (Phi) is 16.2. The van der Waals surface area contributed by atoms with Crippen LogP contribution < -0.4 is 5.32 Å². The molecular weight excluding hydrogens is 555 g/mol. The summed E-state index contributed by atoms with van der Waals surface area (Å²) in [5.74, 6) is 3.85. The van der Waals surface area contributed by atoms with Crippen LogP contribution in [0.25, 0.3) is 0 Å². The largest absolute Gasteiger partial charge is 0.355 e. The molecule has 0 heterocycles. The van der Waals surface area contributed by atoms with E-state index < -0.39 is 0 Å². The van der Waals surface area contributed by atoms with E-state index in [1.165, 1.54) is 109 Å². The van der Waals surface area contributed by atoms with Gasteiger partial charge in [-0.05, 0) is 87.2 Å². The molecule has 1 N–H and O–H groups in total. The molecule has 3 rings (SSSR count). The number of thioether (sulfide) groups is 1. The van der Waals surface area contributed by atoms with E-state index in [0.29, 0.717) is 33.0 Å². The minimum Gasteiger partial charge on any atom is -0.355 e. The van der Waals surface area contributed by atoms with Crippen molar-refractivity contribution in [3.8, 4) is 0 Å². The first-order chi connectivity index (χ1) is 20.3. The van der Waals surface area contributed by atoms with Crippen molar-refractivity contribution in [1.29, 1.82) is 0 Å². The molecule has 0 spiro atoms. The van der Waals surface area contributed by atoms with Gasteiger partial charge in [0.25, 0.3) is 5.91 Å². The van der Waals surface area contributed by atoms with E-state index in [0.717, 1.165) is 23.7 Å². The lowest BCUT2D eigenvalue weighted by Gasteiger charge is -2.29. The molecule has 3 nitrogen and oxygen atoms in total. The van der Waals surface area contributed by atoms with Crippen LogP contribution in [-0.4, -0.2) is 35.0 Å². The molecular formula is C37H59NO2S2. The minimum absolute atomic E-state index is 0.00456. The molecule has 2 fully saturated rings. The first kappa shape index (κ1) is 35.3. The quantitative estimate of drug-likeness (QED) is 0.148. The van der Waals surface area contributed by atoms with Gasteiger partial charge in [0.15, 0.2) is 5.78 Å². The summed E-state index contributed by atoms with van der Waals surface area (Å²) in [4.78, 5) is 24.8. The number of carbonyl (C=O) groups excluding carboxylic acids is 2. The smallest absolute Gasteiger partial charge is 0.251 e. The number of benzene rings is 1. The number of rotatable bonds is 11. The van der Waals surface area contributed by atoms with Gasteiger partial charge in [0.05, 0.1) is 0 Å². The van der Waals surface area contributed by atoms with Crippen LogP contribution in [-0.2, 0) is 0 Å². The highest BCUT2D eigenvalue weighted by atomic mass is 32.2. The molecule has 1 aromatic carbocycles. The Hall–Kier alpha value is -1.20. The summed E-state index contributed by atoms with van der Waals surface area (Å²) >= 11 is 6.82. The number of carbonyl (C=O) groups is 2. The number of amides is 1. The molecule has 0 radical (unpaired) electrons. The van der Waals surface area contributed by atoms with Crippen molar-refractivity contribution in [2.75, 3.05) is 12.8 Å². The van der Waals surface area contributed by atoms with E-state index in [9.17, 15) is 9.59 Å². The van der Waals surface area contributed by atoms with E-state index in [1.54, 1.807) is 31.3 Å². The highest BCUT2D eigenvalue weighted by Gasteiger charge is 2.24. The zero-order valence-corrected chi connectivity index (χ0v) is 28.6. The van der Waals surface area contributed by atoms with Gasteiger partial charge in [-0.3, -0.25) is 9.59 Å². The first-order valence-corrected chi connectivity index (χ1v) is 18.7. The lowest BCUT2D eigenvalue weighted by atomic mass is 9.77. The Bertz CT molecular complexity index is 961. The Morgan fingerprint density at radius 1 is 0.786 bits per heavy atom. The highest BCUT2D eigenvalue weighted by molar-refractivity contribution is 8.00. The number of ketones is 1. The summed E-state index contributed by atoms with van der Waals surface area (Å²) in [5.41, 5.74) is 1.84. The second kappa shape index (κ2) is 19.2. The molecule has 5 heteroatoms. The minimum atomic E-state index is -0.140. The fraction of sp³-hybridized carbons (Fsp3) is 0.730. The second-order valence-electron chi connectivity index (χ2n) is 13.6. The number of hydrogen-bond donors (Lipinski definition) is 2. The molecule has 2 aliphatic rings. The van der Waals surface area contributed by atoms with Crippen molar-refractivity contribution in [3.05, 3.63) is 47.5 Å². The van der Waals surface area contributed by atoms with Crippen LogP contribution in [0.4, 0.5) is 0 Å². The molecule has 236 valence electrons. The van der Waals surface area contributed by atoms with Gasteiger partial charge in [-0.1, -0.05) is 90.3 Å². The van der Waals surface area contributed by atoms with Crippen molar-refractivity contribution < 1.29 is 9.59 Å². The predicted molar refractivity (Wildman–Crippen MR) is 186 cm³/mol. The van der Waals surface area contributed by atoms with Crippen molar-refractivity contribution in [2.24, 2.45) is 23.7 Å². The first-order valence-electron chi connectivity index (χ1n) is 17.1. The summed E-state index contributed by atoms with van der Waals surface area (Å²) in [6.45, 7) is 9.20. The lowest BCUT2D eigenvalue weighted by Crippen LogP contribution is -2.19. The molecule has 0 aromatic heterocycles. The van der Waals surface area contributed by atoms with Crippen LogP contribution in [0.5, 0.6) is 0 Å². The Morgan fingerprint density at radius 3 is 1.93 bits per heavy atom. The van der Waals surface area contributed by atoms with E-state index in [2.05, 4.69) is 25.7 Å². The van der Waals surface area contributed by atoms with Crippen LogP contribution in [0.15, 0.2) is 36.4 Å². The average Bonchev–Trinajstić information content (AvgIpc) is 3.11. The Labute approximate surface area is 267 Å². The van der Waals surface area contributed by atoms with Gasteiger partial charge in [0.2, 0.25) is 0 Å². The maximum absolute atomic E-state index is 13.0. The lowest BCUT2D eigenvalue weighted by molar-refractivity contribution is 0.0961. The Balaban J connectivity index is 1.45. The molecule has 2 saturated carbocycles. The summed E-state index contributed by atoms with van der Waals surface area (Å²) in [5, 5.41) is 3.84. The molecule has 0 saturated heterocycles. The molecule has 2 aliphatic carbocycles. The molecule has 0 aliphatic heterocycles. The van der Waals surface area contributed by atoms with Gasteiger partial charge in [-0.15, -0.1) is 0 Å². The molecule has 42 heavy (non-hydrogen) atoms. The van der Waals surface area contributed by atoms with Crippen molar-refractivity contribution in [2.45, 2.75) is 134 Å². The highest BCUT2D eigenvalue weighted by Crippen LogP contribution is 2.36. The number of Topliss-reactive ketones (excluding diaryl/α,β-unsaturated/α-hetero) is 1. The van der Waals surface area contributed by atoms with Gasteiger partial charge in [-0.2, -0.15) is 24.4 Å². The summed E-state index contributed by atoms with van der Waals surface area (Å²) in [7, 11) is 1.61. The normalized spacial score (nSPS) is 26.1. The fourth-order valence-corrected chi connectivity index (χ4v) is 8.67. The van der Waals surface area contributed by atoms with Gasteiger partial charge < -0.3 is 5.32 Å². The van der Waals surface area contributed by atoms with Gasteiger partial charge in [0, 0.05) is 40.0 Å². The zero-order chi connectivity index (χ0) is 30.3. The van der Waals surface area contributed by atoms with Crippen molar-refractivity contribution in [1.82, 2.24) is 5.32 Å². The van der Waals surface area contributed by atoms with Crippen LogP contribution in [0.2, 0.25) is 0 Å². The maximum atomic E-state index is 13.0. The van der Waals surface area contributed by atoms with Gasteiger partial charge in [0.1, 0.15) is 0 Å². The molecule has 1 amide bonds. The number of hydrogen-bond acceptors (Lipinski definition) is 4. The third-order valence-electron chi connectivity index (χ3n) is 10.2. The number of nitrogens with one attached hydrogen (secondary N) is 1. The van der Waals surface area contributed by atoms with Crippen LogP contribution in [0.1, 0.15) is 144 Å². The Morgan fingerprint density at radius 2 is 1.31 bits per heavy atom. The van der Waals surface area contributed by atoms with E-state index in [1.807, 2.05) is 11.8 Å². The average molecular weight is 614 g/mol. The zero-order valence-electron chi connectivity index (χ0n) is 26.9. The standard InChI is InChI=1S/C37H59NO2S2/c1-27(24-30-12-8-5-6-10-14-34(41)22-16-30)28(2)25-31-13-9-7-11-15-35(23-17-31)42-26-29(3)36(39)32-18-20-33(21-19-32)37(40)38-4/h18-21,27-28,30-31,34-35,41H,3,5-17,22-26H2,1-2,4H3,(H,38,40)/t27-,28+,30?,31-,34?,35?/m1/s1. The fourth-order valence-electron chi connectivity index (χ4n) is 7.14. The van der Waals surface area contributed by atoms with E-state index in [-0.39, 0.29) is 11.7 Å². The molecule has 1 aromatic rings. The molecule has 6 atom stereocenters. The van der Waals surface area contributed by atoms with E-state index in [4.69, 9.17) is 12.6 Å². The second-order valence-corrected chi connectivity index (χ2v) is 15.6. The van der Waals surface area contributed by atoms with Crippen molar-refractivity contribution in [3.63, 3.8) is 0 Å². The van der Waals surface area contributed by atoms with Crippen LogP contribution >= 0.6 is 24.4 Å². The summed E-state index contributed by atoms with van der Waals surface area (Å²) in [6, 6.07) is 6.91. The maximum Gasteiger partial charge on any atom is 0.251 e. The predicted octanol–water partition coefficient (Wildman–Crippen LogP) is 10.3. The van der Waals surface area contributed by atoms with Crippen LogP contribution in [0, 0.1) is 23.7 Å². The van der Waals surface area contributed by atoms with Gasteiger partial charge >= 0.3 is 0 Å². The third kappa shape index (κ3) is 12.4.